The number of aromatic nitrogens is 1. The molecule has 1 N–H and O–H groups in total. The highest BCUT2D eigenvalue weighted by Gasteiger charge is 2.43. The third-order valence-corrected chi connectivity index (χ3v) is 5.59. The van der Waals surface area contributed by atoms with Gasteiger partial charge in [0.1, 0.15) is 17.2 Å². The molecule has 0 saturated carbocycles. The minimum atomic E-state index is -3.28. The monoisotopic (exact) mass is 271 g/mol. The van der Waals surface area contributed by atoms with Crippen molar-refractivity contribution in [1.82, 2.24) is 14.8 Å². The van der Waals surface area contributed by atoms with E-state index in [9.17, 15) is 8.42 Å². The lowest BCUT2D eigenvalue weighted by molar-refractivity contribution is 0.377. The van der Waals surface area contributed by atoms with Gasteiger partial charge in [0.25, 0.3) is 0 Å². The maximum absolute atomic E-state index is 12.4. The molecule has 6 nitrogen and oxygen atoms in total. The lowest BCUT2D eigenvalue weighted by Gasteiger charge is -2.22. The van der Waals surface area contributed by atoms with E-state index in [4.69, 9.17) is 4.52 Å². The van der Waals surface area contributed by atoms with Crippen molar-refractivity contribution in [1.29, 1.82) is 0 Å². The molecular weight excluding hydrogens is 254 g/mol. The molecule has 2 saturated heterocycles. The van der Waals surface area contributed by atoms with E-state index in [1.807, 2.05) is 0 Å². The zero-order valence-corrected chi connectivity index (χ0v) is 11.1. The van der Waals surface area contributed by atoms with Crippen molar-refractivity contribution in [3.63, 3.8) is 0 Å². The quantitative estimate of drug-likeness (QED) is 0.844. The van der Waals surface area contributed by atoms with Crippen LogP contribution in [0.3, 0.4) is 0 Å². The molecule has 2 aliphatic rings. The van der Waals surface area contributed by atoms with Gasteiger partial charge in [-0.3, -0.25) is 0 Å². The number of nitrogens with one attached hydrogen (secondary N) is 1. The van der Waals surface area contributed by atoms with Gasteiger partial charge in [0, 0.05) is 25.2 Å². The molecular formula is C11H17N3O3S. The molecule has 2 aliphatic heterocycles. The normalized spacial score (nSPS) is 28.7. The van der Waals surface area contributed by atoms with Crippen molar-refractivity contribution in [2.45, 2.75) is 25.1 Å². The first-order valence-electron chi connectivity index (χ1n) is 6.19. The van der Waals surface area contributed by atoms with Crippen molar-refractivity contribution in [2.24, 2.45) is 5.92 Å². The van der Waals surface area contributed by atoms with Crippen molar-refractivity contribution in [3.8, 4) is 0 Å². The number of hydrogen-bond acceptors (Lipinski definition) is 5. The van der Waals surface area contributed by atoms with E-state index >= 15 is 0 Å². The average Bonchev–Trinajstić information content (AvgIpc) is 2.92. The van der Waals surface area contributed by atoms with Crippen LogP contribution < -0.4 is 5.32 Å². The Labute approximate surface area is 106 Å². The number of hydrogen-bond donors (Lipinski definition) is 1. The zero-order valence-electron chi connectivity index (χ0n) is 10.3. The fourth-order valence-corrected chi connectivity index (χ4v) is 4.63. The summed E-state index contributed by atoms with van der Waals surface area (Å²) in [7, 11) is -3.28. The van der Waals surface area contributed by atoms with Crippen LogP contribution in [-0.2, 0) is 15.8 Å². The topological polar surface area (TPSA) is 75.4 Å². The van der Waals surface area contributed by atoms with Crippen LogP contribution in [0.5, 0.6) is 0 Å². The van der Waals surface area contributed by atoms with Crippen LogP contribution in [-0.4, -0.2) is 43.6 Å². The fraction of sp³-hybridized carbons (Fsp3) is 0.727. The van der Waals surface area contributed by atoms with Gasteiger partial charge in [0.05, 0.1) is 0 Å². The smallest absolute Gasteiger partial charge is 0.220 e. The summed E-state index contributed by atoms with van der Waals surface area (Å²) >= 11 is 0. The molecule has 1 aromatic rings. The van der Waals surface area contributed by atoms with E-state index in [-0.39, 0.29) is 11.8 Å². The van der Waals surface area contributed by atoms with Gasteiger partial charge in [-0.1, -0.05) is 5.16 Å². The summed E-state index contributed by atoms with van der Waals surface area (Å²) in [5.41, 5.74) is 0.488. The first kappa shape index (κ1) is 12.1. The molecule has 3 rings (SSSR count). The van der Waals surface area contributed by atoms with Gasteiger partial charge >= 0.3 is 0 Å². The Morgan fingerprint density at radius 1 is 1.56 bits per heavy atom. The predicted octanol–water partition coefficient (Wildman–Crippen LogP) is 0.107. The van der Waals surface area contributed by atoms with Gasteiger partial charge in [-0.25, -0.2) is 8.42 Å². The van der Waals surface area contributed by atoms with Gasteiger partial charge in [0.2, 0.25) is 10.0 Å². The SMILES string of the molecule is Cc1cc(CS(=O)(=O)N2CC[C@@H]3CNC[C@@H]32)no1. The van der Waals surface area contributed by atoms with Crippen LogP contribution in [0.15, 0.2) is 10.6 Å². The van der Waals surface area contributed by atoms with Crippen molar-refractivity contribution in [2.75, 3.05) is 19.6 Å². The largest absolute Gasteiger partial charge is 0.361 e. The first-order chi connectivity index (χ1) is 8.56. The Hall–Kier alpha value is -0.920. The Morgan fingerprint density at radius 2 is 2.39 bits per heavy atom. The van der Waals surface area contributed by atoms with Crippen LogP contribution >= 0.6 is 0 Å². The highest BCUT2D eigenvalue weighted by molar-refractivity contribution is 7.88. The number of fused-ring (bicyclic) bond motifs is 1. The minimum absolute atomic E-state index is 0.0619. The number of nitrogens with zero attached hydrogens (tertiary/aromatic N) is 2. The molecule has 2 atom stereocenters. The lowest BCUT2D eigenvalue weighted by atomic mass is 10.1. The molecule has 18 heavy (non-hydrogen) atoms. The molecule has 100 valence electrons. The van der Waals surface area contributed by atoms with Crippen LogP contribution in [0, 0.1) is 12.8 Å². The first-order valence-corrected chi connectivity index (χ1v) is 7.79. The van der Waals surface area contributed by atoms with E-state index < -0.39 is 10.0 Å². The number of sulfonamides is 1. The molecule has 0 amide bonds. The Kier molecular flexibility index (Phi) is 2.91. The van der Waals surface area contributed by atoms with Crippen LogP contribution in [0.25, 0.3) is 0 Å². The maximum atomic E-state index is 12.4. The minimum Gasteiger partial charge on any atom is -0.361 e. The summed E-state index contributed by atoms with van der Waals surface area (Å²) in [5.74, 6) is 1.05. The summed E-state index contributed by atoms with van der Waals surface area (Å²) in [4.78, 5) is 0. The van der Waals surface area contributed by atoms with E-state index in [0.717, 1.165) is 19.5 Å². The van der Waals surface area contributed by atoms with Gasteiger partial charge in [-0.05, 0) is 25.8 Å². The maximum Gasteiger partial charge on any atom is 0.220 e. The standard InChI is InChI=1S/C11H17N3O3S/c1-8-4-10(13-17-8)7-18(15,16)14-3-2-9-5-12-6-11(9)14/h4,9,11-12H,2-3,5-7H2,1H3/t9-,11+/m1/s1. The molecule has 0 unspecified atom stereocenters. The van der Waals surface area contributed by atoms with Crippen LogP contribution in [0.1, 0.15) is 17.9 Å². The fourth-order valence-electron chi connectivity index (χ4n) is 2.91. The number of rotatable bonds is 3. The third-order valence-electron chi connectivity index (χ3n) is 3.76. The average molecular weight is 271 g/mol. The number of aryl methyl sites for hydroxylation is 1. The van der Waals surface area contributed by atoms with Crippen molar-refractivity contribution in [3.05, 3.63) is 17.5 Å². The summed E-state index contributed by atoms with van der Waals surface area (Å²) in [6.45, 7) is 4.09. The molecule has 0 radical (unpaired) electrons. The summed E-state index contributed by atoms with van der Waals surface area (Å²) < 4.78 is 31.3. The Bertz CT molecular complexity index is 539. The molecule has 0 spiro atoms. The van der Waals surface area contributed by atoms with Gasteiger partial charge < -0.3 is 9.84 Å². The second-order valence-electron chi connectivity index (χ2n) is 5.07. The molecule has 2 fully saturated rings. The Balaban J connectivity index is 1.78. The third kappa shape index (κ3) is 2.06. The van der Waals surface area contributed by atoms with E-state index in [0.29, 0.717) is 23.9 Å². The molecule has 1 aromatic heterocycles. The second-order valence-corrected chi connectivity index (χ2v) is 6.99. The van der Waals surface area contributed by atoms with Crippen LogP contribution in [0.2, 0.25) is 0 Å². The van der Waals surface area contributed by atoms with Crippen molar-refractivity contribution >= 4 is 10.0 Å². The van der Waals surface area contributed by atoms with Gasteiger partial charge in [-0.15, -0.1) is 0 Å². The van der Waals surface area contributed by atoms with Gasteiger partial charge in [0.15, 0.2) is 0 Å². The summed E-state index contributed by atoms with van der Waals surface area (Å²) in [5, 5.41) is 7.02. The van der Waals surface area contributed by atoms with Crippen LogP contribution in [0.4, 0.5) is 0 Å². The van der Waals surface area contributed by atoms with E-state index in [1.165, 1.54) is 0 Å². The van der Waals surface area contributed by atoms with Gasteiger partial charge in [-0.2, -0.15) is 4.31 Å². The highest BCUT2D eigenvalue weighted by Crippen LogP contribution is 2.30. The highest BCUT2D eigenvalue weighted by atomic mass is 32.2. The van der Waals surface area contributed by atoms with E-state index in [2.05, 4.69) is 10.5 Å². The lowest BCUT2D eigenvalue weighted by Crippen LogP contribution is -2.39. The Morgan fingerprint density at radius 3 is 3.11 bits per heavy atom. The molecule has 7 heteroatoms. The summed E-state index contributed by atoms with van der Waals surface area (Å²) in [6.07, 6.45) is 0.953. The van der Waals surface area contributed by atoms with Crippen molar-refractivity contribution < 1.29 is 12.9 Å². The molecule has 0 bridgehead atoms. The molecule has 0 aliphatic carbocycles. The summed E-state index contributed by atoms with van der Waals surface area (Å²) in [6, 6.07) is 1.81. The van der Waals surface area contributed by atoms with E-state index in [1.54, 1.807) is 17.3 Å². The zero-order chi connectivity index (χ0) is 12.8. The second kappa shape index (κ2) is 4.32. The molecule has 0 aromatic carbocycles. The predicted molar refractivity (Wildman–Crippen MR) is 65.3 cm³/mol. The molecule has 3 heterocycles.